The van der Waals surface area contributed by atoms with Gasteiger partial charge in [-0.15, -0.1) is 0 Å². The highest BCUT2D eigenvalue weighted by Crippen LogP contribution is 2.23. The summed E-state index contributed by atoms with van der Waals surface area (Å²) < 4.78 is 7.70. The number of carbonyl (C=O) groups is 1. The van der Waals surface area contributed by atoms with Gasteiger partial charge in [0.1, 0.15) is 11.9 Å². The topological polar surface area (TPSA) is 73.0 Å². The van der Waals surface area contributed by atoms with E-state index in [0.29, 0.717) is 23.1 Å². The third-order valence-electron chi connectivity index (χ3n) is 4.80. The Bertz CT molecular complexity index is 1120. The van der Waals surface area contributed by atoms with Crippen molar-refractivity contribution in [1.29, 1.82) is 0 Å². The molecular formula is C23H21ClN4O2. The maximum Gasteiger partial charge on any atom is 0.221 e. The second-order valence-corrected chi connectivity index (χ2v) is 7.37. The number of nitrogens with zero attached hydrogens (tertiary/aromatic N) is 3. The zero-order valence-corrected chi connectivity index (χ0v) is 17.2. The van der Waals surface area contributed by atoms with E-state index in [0.717, 1.165) is 17.0 Å². The largest absolute Gasteiger partial charge is 0.441 e. The van der Waals surface area contributed by atoms with Crippen molar-refractivity contribution in [2.24, 2.45) is 7.05 Å². The average molecular weight is 421 g/mol. The van der Waals surface area contributed by atoms with E-state index in [1.54, 1.807) is 24.5 Å². The van der Waals surface area contributed by atoms with Crippen molar-refractivity contribution in [3.8, 4) is 11.3 Å². The Morgan fingerprint density at radius 3 is 2.60 bits per heavy atom. The lowest BCUT2D eigenvalue weighted by molar-refractivity contribution is -0.121. The van der Waals surface area contributed by atoms with E-state index in [1.807, 2.05) is 60.3 Å². The summed E-state index contributed by atoms with van der Waals surface area (Å²) in [7, 11) is 1.91. The molecule has 0 saturated heterocycles. The molecule has 4 rings (SSSR count). The fourth-order valence-corrected chi connectivity index (χ4v) is 3.35. The molecule has 0 saturated carbocycles. The maximum absolute atomic E-state index is 12.7. The van der Waals surface area contributed by atoms with Gasteiger partial charge in [-0.25, -0.2) is 9.97 Å². The van der Waals surface area contributed by atoms with Crippen LogP contribution in [0.1, 0.15) is 29.7 Å². The number of benzene rings is 2. The van der Waals surface area contributed by atoms with Gasteiger partial charge in [-0.3, -0.25) is 4.79 Å². The normalized spacial score (nSPS) is 11.9. The van der Waals surface area contributed by atoms with Crippen LogP contribution in [-0.2, 0) is 18.3 Å². The van der Waals surface area contributed by atoms with E-state index < -0.39 is 0 Å². The molecule has 1 N–H and O–H groups in total. The SMILES string of the molecule is Cn1ccnc1C(NC(=O)CCc1ncc(-c2ccc(Cl)cc2)o1)c1ccccc1. The van der Waals surface area contributed by atoms with Crippen LogP contribution in [0.5, 0.6) is 0 Å². The van der Waals surface area contributed by atoms with Gasteiger partial charge in [0, 0.05) is 42.9 Å². The van der Waals surface area contributed by atoms with Gasteiger partial charge in [0.2, 0.25) is 5.91 Å². The Hall–Kier alpha value is -3.38. The second kappa shape index (κ2) is 8.97. The quantitative estimate of drug-likeness (QED) is 0.475. The first-order chi connectivity index (χ1) is 14.6. The van der Waals surface area contributed by atoms with Crippen molar-refractivity contribution in [1.82, 2.24) is 19.9 Å². The number of carbonyl (C=O) groups excluding carboxylic acids is 1. The van der Waals surface area contributed by atoms with Crippen LogP contribution in [-0.4, -0.2) is 20.4 Å². The lowest BCUT2D eigenvalue weighted by Crippen LogP contribution is -2.31. The van der Waals surface area contributed by atoms with Crippen LogP contribution in [0.4, 0.5) is 0 Å². The summed E-state index contributed by atoms with van der Waals surface area (Å²) in [5.74, 6) is 1.84. The molecule has 0 bridgehead atoms. The fourth-order valence-electron chi connectivity index (χ4n) is 3.22. The number of aryl methyl sites for hydroxylation is 2. The second-order valence-electron chi connectivity index (χ2n) is 6.93. The smallest absolute Gasteiger partial charge is 0.221 e. The van der Waals surface area contributed by atoms with Crippen molar-refractivity contribution < 1.29 is 9.21 Å². The predicted octanol–water partition coefficient (Wildman–Crippen LogP) is 4.57. The molecule has 1 amide bonds. The highest BCUT2D eigenvalue weighted by atomic mass is 35.5. The van der Waals surface area contributed by atoms with Crippen LogP contribution < -0.4 is 5.32 Å². The number of imidazole rings is 1. The number of hydrogen-bond acceptors (Lipinski definition) is 4. The Kier molecular flexibility index (Phi) is 5.95. The molecule has 2 aromatic heterocycles. The number of rotatable bonds is 7. The predicted molar refractivity (Wildman–Crippen MR) is 115 cm³/mol. The molecule has 4 aromatic rings. The minimum absolute atomic E-state index is 0.0990. The van der Waals surface area contributed by atoms with Crippen LogP contribution in [0.15, 0.2) is 77.6 Å². The molecule has 0 fully saturated rings. The zero-order chi connectivity index (χ0) is 20.9. The first-order valence-electron chi connectivity index (χ1n) is 9.62. The lowest BCUT2D eigenvalue weighted by Gasteiger charge is -2.19. The van der Waals surface area contributed by atoms with Crippen molar-refractivity contribution in [2.45, 2.75) is 18.9 Å². The zero-order valence-electron chi connectivity index (χ0n) is 16.5. The monoisotopic (exact) mass is 420 g/mol. The van der Waals surface area contributed by atoms with Gasteiger partial charge in [0.25, 0.3) is 0 Å². The number of halogens is 1. The molecule has 30 heavy (non-hydrogen) atoms. The van der Waals surface area contributed by atoms with Gasteiger partial charge in [-0.1, -0.05) is 41.9 Å². The number of amides is 1. The van der Waals surface area contributed by atoms with Crippen molar-refractivity contribution in [3.05, 3.63) is 95.5 Å². The number of hydrogen-bond donors (Lipinski definition) is 1. The molecular weight excluding hydrogens is 400 g/mol. The van der Waals surface area contributed by atoms with Gasteiger partial charge in [0.15, 0.2) is 11.7 Å². The van der Waals surface area contributed by atoms with E-state index in [4.69, 9.17) is 16.0 Å². The molecule has 1 atom stereocenters. The van der Waals surface area contributed by atoms with Gasteiger partial charge >= 0.3 is 0 Å². The molecule has 6 nitrogen and oxygen atoms in total. The van der Waals surface area contributed by atoms with Crippen LogP contribution in [0.2, 0.25) is 5.02 Å². The van der Waals surface area contributed by atoms with Gasteiger partial charge in [-0.05, 0) is 29.8 Å². The fraction of sp³-hybridized carbons (Fsp3) is 0.174. The van der Waals surface area contributed by atoms with Crippen molar-refractivity contribution in [2.75, 3.05) is 0 Å². The molecule has 1 unspecified atom stereocenters. The van der Waals surface area contributed by atoms with E-state index in [9.17, 15) is 4.79 Å². The molecule has 7 heteroatoms. The third kappa shape index (κ3) is 4.60. The Balaban J connectivity index is 1.42. The highest BCUT2D eigenvalue weighted by Gasteiger charge is 2.20. The molecule has 2 heterocycles. The molecule has 0 spiro atoms. The van der Waals surface area contributed by atoms with E-state index >= 15 is 0 Å². The summed E-state index contributed by atoms with van der Waals surface area (Å²) in [6.07, 6.45) is 5.91. The lowest BCUT2D eigenvalue weighted by atomic mass is 10.1. The van der Waals surface area contributed by atoms with E-state index in [1.165, 1.54) is 0 Å². The summed E-state index contributed by atoms with van der Waals surface area (Å²) in [5.41, 5.74) is 1.86. The summed E-state index contributed by atoms with van der Waals surface area (Å²) in [4.78, 5) is 21.4. The minimum Gasteiger partial charge on any atom is -0.441 e. The number of aromatic nitrogens is 3. The van der Waals surface area contributed by atoms with E-state index in [-0.39, 0.29) is 18.4 Å². The Labute approximate surface area is 179 Å². The van der Waals surface area contributed by atoms with E-state index in [2.05, 4.69) is 15.3 Å². The van der Waals surface area contributed by atoms with Gasteiger partial charge in [-0.2, -0.15) is 0 Å². The third-order valence-corrected chi connectivity index (χ3v) is 5.06. The highest BCUT2D eigenvalue weighted by molar-refractivity contribution is 6.30. The van der Waals surface area contributed by atoms with Crippen LogP contribution in [0.25, 0.3) is 11.3 Å². The summed E-state index contributed by atoms with van der Waals surface area (Å²) in [5, 5.41) is 3.75. The minimum atomic E-state index is -0.326. The first kappa shape index (κ1) is 19.9. The summed E-state index contributed by atoms with van der Waals surface area (Å²) in [6.45, 7) is 0. The standard InChI is InChI=1S/C23H21ClN4O2/c1-28-14-13-25-23(28)22(17-5-3-2-4-6-17)27-20(29)11-12-21-26-15-19(30-21)16-7-9-18(24)10-8-16/h2-10,13-15,22H,11-12H2,1H3,(H,27,29). The molecule has 2 aromatic carbocycles. The van der Waals surface area contributed by atoms with Crippen LogP contribution in [0, 0.1) is 0 Å². The molecule has 0 aliphatic rings. The van der Waals surface area contributed by atoms with Crippen molar-refractivity contribution >= 4 is 17.5 Å². The molecule has 152 valence electrons. The van der Waals surface area contributed by atoms with Gasteiger partial charge < -0.3 is 14.3 Å². The molecule has 0 aliphatic heterocycles. The Morgan fingerprint density at radius 1 is 1.13 bits per heavy atom. The summed E-state index contributed by atoms with van der Waals surface area (Å²) >= 11 is 5.92. The van der Waals surface area contributed by atoms with Crippen molar-refractivity contribution in [3.63, 3.8) is 0 Å². The van der Waals surface area contributed by atoms with Crippen LogP contribution >= 0.6 is 11.6 Å². The first-order valence-corrected chi connectivity index (χ1v) is 10.00. The molecule has 0 aliphatic carbocycles. The van der Waals surface area contributed by atoms with Gasteiger partial charge in [0.05, 0.1) is 6.20 Å². The molecule has 0 radical (unpaired) electrons. The van der Waals surface area contributed by atoms with Crippen LogP contribution in [0.3, 0.4) is 0 Å². The average Bonchev–Trinajstić information content (AvgIpc) is 3.41. The Morgan fingerprint density at radius 2 is 1.90 bits per heavy atom. The maximum atomic E-state index is 12.7. The summed E-state index contributed by atoms with van der Waals surface area (Å²) in [6, 6.07) is 16.8. The number of oxazole rings is 1. The number of nitrogens with one attached hydrogen (secondary N) is 1.